The molecule has 1 N–H and O–H groups in total. The van der Waals surface area contributed by atoms with Crippen molar-refractivity contribution in [2.24, 2.45) is 0 Å². The summed E-state index contributed by atoms with van der Waals surface area (Å²) in [5.74, 6) is 0.837. The van der Waals surface area contributed by atoms with E-state index in [4.69, 9.17) is 5.11 Å². The first-order valence-corrected chi connectivity index (χ1v) is 4.22. The Morgan fingerprint density at radius 1 is 1.44 bits per heavy atom. The van der Waals surface area contributed by atoms with E-state index in [9.17, 15) is 0 Å². The molecular formula is C7H16OS. The third kappa shape index (κ3) is 8.31. The summed E-state index contributed by atoms with van der Waals surface area (Å²) in [6.45, 7) is 8.28. The molecule has 0 bridgehead atoms. The molecule has 0 aliphatic carbocycles. The summed E-state index contributed by atoms with van der Waals surface area (Å²) in [5, 5.41) is 8.89. The lowest BCUT2D eigenvalue weighted by molar-refractivity contribution is 0.220. The molecule has 56 valence electrons. The van der Waals surface area contributed by atoms with Crippen LogP contribution in [0.25, 0.3) is 0 Å². The summed E-state index contributed by atoms with van der Waals surface area (Å²) in [4.78, 5) is 0. The Morgan fingerprint density at radius 3 is 2.00 bits per heavy atom. The Balaban J connectivity index is 3.28. The maximum Gasteiger partial charge on any atom is 0.0602 e. The van der Waals surface area contributed by atoms with Crippen LogP contribution in [0.2, 0.25) is 0 Å². The van der Waals surface area contributed by atoms with Crippen molar-refractivity contribution >= 4 is 11.8 Å². The number of hydrogen-bond acceptors (Lipinski definition) is 2. The Hall–Kier alpha value is 0.310. The summed E-state index contributed by atoms with van der Waals surface area (Å²) in [6, 6.07) is 0. The van der Waals surface area contributed by atoms with Crippen LogP contribution in [0.4, 0.5) is 0 Å². The van der Waals surface area contributed by atoms with Gasteiger partial charge in [-0.1, -0.05) is 20.8 Å². The van der Waals surface area contributed by atoms with Crippen molar-refractivity contribution in [2.45, 2.75) is 38.5 Å². The van der Waals surface area contributed by atoms with Crippen molar-refractivity contribution in [3.63, 3.8) is 0 Å². The van der Waals surface area contributed by atoms with Crippen molar-refractivity contribution in [3.05, 3.63) is 0 Å². The molecule has 0 amide bonds. The largest absolute Gasteiger partial charge is 0.393 e. The van der Waals surface area contributed by atoms with Crippen LogP contribution < -0.4 is 0 Å². The van der Waals surface area contributed by atoms with E-state index in [1.807, 2.05) is 6.92 Å². The van der Waals surface area contributed by atoms with Gasteiger partial charge in [-0.05, 0) is 6.92 Å². The van der Waals surface area contributed by atoms with E-state index in [1.54, 1.807) is 11.8 Å². The molecule has 0 saturated heterocycles. The average Bonchev–Trinajstić information content (AvgIpc) is 1.59. The van der Waals surface area contributed by atoms with Crippen LogP contribution in [0.5, 0.6) is 0 Å². The lowest BCUT2D eigenvalue weighted by Crippen LogP contribution is -2.13. The molecule has 0 spiro atoms. The zero-order valence-electron chi connectivity index (χ0n) is 6.64. The molecule has 2 heteroatoms. The van der Waals surface area contributed by atoms with Gasteiger partial charge in [-0.3, -0.25) is 0 Å². The third-order valence-corrected chi connectivity index (χ3v) is 2.27. The van der Waals surface area contributed by atoms with Crippen LogP contribution in [-0.4, -0.2) is 21.7 Å². The van der Waals surface area contributed by atoms with Crippen molar-refractivity contribution in [2.75, 3.05) is 5.75 Å². The standard InChI is InChI=1S/C7H16OS/c1-6(8)5-9-7(2,3)4/h6,8H,5H2,1-4H3. The van der Waals surface area contributed by atoms with Gasteiger partial charge < -0.3 is 5.11 Å². The maximum atomic E-state index is 8.89. The number of aliphatic hydroxyl groups is 1. The molecule has 1 nitrogen and oxygen atoms in total. The quantitative estimate of drug-likeness (QED) is 0.645. The van der Waals surface area contributed by atoms with Crippen LogP contribution in [0.1, 0.15) is 27.7 Å². The Morgan fingerprint density at radius 2 is 1.89 bits per heavy atom. The van der Waals surface area contributed by atoms with Gasteiger partial charge in [0.2, 0.25) is 0 Å². The SMILES string of the molecule is CC(O)CSC(C)(C)C. The first-order valence-electron chi connectivity index (χ1n) is 3.24. The highest BCUT2D eigenvalue weighted by Crippen LogP contribution is 2.23. The van der Waals surface area contributed by atoms with Crippen LogP contribution in [0.3, 0.4) is 0 Å². The van der Waals surface area contributed by atoms with Gasteiger partial charge in [-0.15, -0.1) is 0 Å². The van der Waals surface area contributed by atoms with E-state index in [0.29, 0.717) is 0 Å². The second kappa shape index (κ2) is 3.47. The van der Waals surface area contributed by atoms with E-state index in [2.05, 4.69) is 20.8 Å². The second-order valence-corrected chi connectivity index (χ2v) is 5.12. The monoisotopic (exact) mass is 148 g/mol. The molecule has 0 rings (SSSR count). The molecule has 0 heterocycles. The van der Waals surface area contributed by atoms with E-state index in [-0.39, 0.29) is 10.9 Å². The van der Waals surface area contributed by atoms with E-state index >= 15 is 0 Å². The van der Waals surface area contributed by atoms with Gasteiger partial charge in [0.25, 0.3) is 0 Å². The van der Waals surface area contributed by atoms with Crippen LogP contribution in [-0.2, 0) is 0 Å². The molecule has 0 aromatic carbocycles. The van der Waals surface area contributed by atoms with Gasteiger partial charge in [-0.25, -0.2) is 0 Å². The minimum Gasteiger partial charge on any atom is -0.393 e. The molecule has 0 radical (unpaired) electrons. The minimum absolute atomic E-state index is 0.172. The fourth-order valence-corrected chi connectivity index (χ4v) is 1.11. The summed E-state index contributed by atoms with van der Waals surface area (Å²) in [7, 11) is 0. The summed E-state index contributed by atoms with van der Waals surface area (Å²) in [6.07, 6.45) is -0.172. The molecular weight excluding hydrogens is 132 g/mol. The predicted molar refractivity (Wildman–Crippen MR) is 43.9 cm³/mol. The van der Waals surface area contributed by atoms with Gasteiger partial charge in [0.15, 0.2) is 0 Å². The smallest absolute Gasteiger partial charge is 0.0602 e. The van der Waals surface area contributed by atoms with Crippen LogP contribution in [0.15, 0.2) is 0 Å². The van der Waals surface area contributed by atoms with E-state index in [1.165, 1.54) is 0 Å². The molecule has 0 aliphatic heterocycles. The van der Waals surface area contributed by atoms with Gasteiger partial charge in [0.1, 0.15) is 0 Å². The molecule has 1 atom stereocenters. The molecule has 0 aromatic rings. The van der Waals surface area contributed by atoms with Gasteiger partial charge in [0.05, 0.1) is 6.10 Å². The predicted octanol–water partition coefficient (Wildman–Crippen LogP) is 1.90. The number of hydrogen-bond donors (Lipinski definition) is 1. The van der Waals surface area contributed by atoms with Crippen molar-refractivity contribution in [1.82, 2.24) is 0 Å². The number of rotatable bonds is 2. The highest BCUT2D eigenvalue weighted by molar-refractivity contribution is 8.00. The third-order valence-electron chi connectivity index (χ3n) is 0.758. The minimum atomic E-state index is -0.172. The highest BCUT2D eigenvalue weighted by atomic mass is 32.2. The fourth-order valence-electron chi connectivity index (χ4n) is 0.371. The molecule has 0 aliphatic rings. The van der Waals surface area contributed by atoms with Crippen molar-refractivity contribution < 1.29 is 5.11 Å². The zero-order chi connectivity index (χ0) is 7.49. The normalized spacial score (nSPS) is 15.7. The lowest BCUT2D eigenvalue weighted by Gasteiger charge is -2.18. The Bertz CT molecular complexity index is 73.5. The molecule has 0 saturated carbocycles. The van der Waals surface area contributed by atoms with Gasteiger partial charge in [0, 0.05) is 10.5 Å². The van der Waals surface area contributed by atoms with Gasteiger partial charge >= 0.3 is 0 Å². The first-order chi connectivity index (χ1) is 3.92. The van der Waals surface area contributed by atoms with Crippen molar-refractivity contribution in [1.29, 1.82) is 0 Å². The number of aliphatic hydroxyl groups excluding tert-OH is 1. The molecule has 1 unspecified atom stereocenters. The second-order valence-electron chi connectivity index (χ2n) is 3.27. The maximum absolute atomic E-state index is 8.89. The Labute approximate surface area is 61.8 Å². The fraction of sp³-hybridized carbons (Fsp3) is 1.00. The van der Waals surface area contributed by atoms with Gasteiger partial charge in [-0.2, -0.15) is 11.8 Å². The first kappa shape index (κ1) is 9.31. The topological polar surface area (TPSA) is 20.2 Å². The van der Waals surface area contributed by atoms with Crippen LogP contribution in [0, 0.1) is 0 Å². The summed E-state index contributed by atoms with van der Waals surface area (Å²) < 4.78 is 0.289. The zero-order valence-corrected chi connectivity index (χ0v) is 7.46. The van der Waals surface area contributed by atoms with Crippen LogP contribution >= 0.6 is 11.8 Å². The highest BCUT2D eigenvalue weighted by Gasteiger charge is 2.10. The average molecular weight is 148 g/mol. The van der Waals surface area contributed by atoms with E-state index < -0.39 is 0 Å². The Kier molecular flexibility index (Phi) is 3.59. The van der Waals surface area contributed by atoms with Crippen molar-refractivity contribution in [3.8, 4) is 0 Å². The molecule has 9 heavy (non-hydrogen) atoms. The van der Waals surface area contributed by atoms with E-state index in [0.717, 1.165) is 5.75 Å². The summed E-state index contributed by atoms with van der Waals surface area (Å²) in [5.41, 5.74) is 0. The number of thioether (sulfide) groups is 1. The molecule has 0 aromatic heterocycles. The molecule has 0 fully saturated rings. The lowest BCUT2D eigenvalue weighted by atomic mass is 10.3. The summed E-state index contributed by atoms with van der Waals surface area (Å²) >= 11 is 1.79.